The molecule has 0 saturated heterocycles. The molecule has 2 rings (SSSR count). The van der Waals surface area contributed by atoms with Crippen LogP contribution in [-0.4, -0.2) is 68.5 Å². The first-order valence-corrected chi connectivity index (χ1v) is 10.7. The summed E-state index contributed by atoms with van der Waals surface area (Å²) in [6.45, 7) is 5.91. The Labute approximate surface area is 199 Å². The topological polar surface area (TPSA) is 163 Å². The molecule has 2 aromatic heterocycles. The van der Waals surface area contributed by atoms with Gasteiger partial charge in [0.1, 0.15) is 24.7 Å². The van der Waals surface area contributed by atoms with E-state index >= 15 is 0 Å². The molecule has 2 heterocycles. The van der Waals surface area contributed by atoms with Gasteiger partial charge >= 0.3 is 23.6 Å². The Morgan fingerprint density at radius 1 is 1.03 bits per heavy atom. The lowest BCUT2D eigenvalue weighted by Crippen LogP contribution is -2.41. The Kier molecular flexibility index (Phi) is 10.1. The lowest BCUT2D eigenvalue weighted by molar-refractivity contribution is -0.143. The summed E-state index contributed by atoms with van der Waals surface area (Å²) in [6.07, 6.45) is 3.45. The molecule has 14 nitrogen and oxygen atoms in total. The molecule has 14 heteroatoms. The highest BCUT2D eigenvalue weighted by atomic mass is 16.6. The van der Waals surface area contributed by atoms with Gasteiger partial charge in [0, 0.05) is 18.7 Å². The fourth-order valence-corrected chi connectivity index (χ4v) is 2.81. The van der Waals surface area contributed by atoms with Crippen LogP contribution in [0, 0.1) is 6.92 Å². The average molecular weight is 493 g/mol. The van der Waals surface area contributed by atoms with Crippen molar-refractivity contribution in [3.63, 3.8) is 0 Å². The molecule has 0 aromatic carbocycles. The zero-order valence-corrected chi connectivity index (χ0v) is 19.9. The van der Waals surface area contributed by atoms with E-state index in [-0.39, 0.29) is 51.0 Å². The standard InChI is InChI=1S/C21H27N5O9/c1-5-33-18(28)9-17(20(30)34-6-2)25-10-14(3)19(29)26(21(25)31)12-16-11-24(23-22-16)13-32-7-8-35-15(4)27/h9-11H,5-8,12-13H2,1-4H3/b17-9+. The van der Waals surface area contributed by atoms with Gasteiger partial charge in [0.25, 0.3) is 5.56 Å². The van der Waals surface area contributed by atoms with Crippen LogP contribution in [0.15, 0.2) is 28.1 Å². The van der Waals surface area contributed by atoms with Gasteiger partial charge in [-0.05, 0) is 20.8 Å². The average Bonchev–Trinajstić information content (AvgIpc) is 3.25. The van der Waals surface area contributed by atoms with Crippen molar-refractivity contribution in [2.24, 2.45) is 0 Å². The molecule has 0 amide bonds. The van der Waals surface area contributed by atoms with Crippen molar-refractivity contribution in [3.05, 3.63) is 50.6 Å². The minimum atomic E-state index is -0.941. The third-order valence-electron chi connectivity index (χ3n) is 4.29. The Bertz CT molecular complexity index is 1210. The van der Waals surface area contributed by atoms with Gasteiger partial charge in [0.2, 0.25) is 0 Å². The molecule has 0 bridgehead atoms. The van der Waals surface area contributed by atoms with E-state index in [9.17, 15) is 24.0 Å². The lowest BCUT2D eigenvalue weighted by Gasteiger charge is -2.13. The van der Waals surface area contributed by atoms with Crippen molar-refractivity contribution < 1.29 is 33.3 Å². The van der Waals surface area contributed by atoms with E-state index in [1.165, 1.54) is 24.7 Å². The maximum Gasteiger partial charge on any atom is 0.355 e. The summed E-state index contributed by atoms with van der Waals surface area (Å²) in [5, 5.41) is 7.78. The van der Waals surface area contributed by atoms with Crippen LogP contribution < -0.4 is 11.2 Å². The van der Waals surface area contributed by atoms with Crippen LogP contribution >= 0.6 is 0 Å². The van der Waals surface area contributed by atoms with E-state index in [2.05, 4.69) is 10.3 Å². The van der Waals surface area contributed by atoms with E-state index < -0.39 is 34.9 Å². The molecule has 0 spiro atoms. The number of ether oxygens (including phenoxy) is 4. The second kappa shape index (κ2) is 13.0. The normalized spacial score (nSPS) is 11.3. The van der Waals surface area contributed by atoms with Crippen LogP contribution in [0.5, 0.6) is 0 Å². The first kappa shape index (κ1) is 27.2. The Hall–Kier alpha value is -4.07. The molecule has 0 atom stereocenters. The van der Waals surface area contributed by atoms with E-state index in [0.717, 1.165) is 21.4 Å². The number of carbonyl (C=O) groups is 3. The SMILES string of the molecule is CCOC(=O)/C=C(\C(=O)OCC)n1cc(C)c(=O)n(Cc2cn(COCCOC(C)=O)nn2)c1=O. The Morgan fingerprint density at radius 3 is 2.40 bits per heavy atom. The number of carbonyl (C=O) groups excluding carboxylic acids is 3. The highest BCUT2D eigenvalue weighted by Crippen LogP contribution is 2.07. The van der Waals surface area contributed by atoms with E-state index in [4.69, 9.17) is 18.9 Å². The van der Waals surface area contributed by atoms with Gasteiger partial charge in [-0.3, -0.25) is 18.7 Å². The molecule has 2 aromatic rings. The van der Waals surface area contributed by atoms with Crippen LogP contribution in [0.25, 0.3) is 5.70 Å². The van der Waals surface area contributed by atoms with Gasteiger partial charge in [-0.1, -0.05) is 5.21 Å². The van der Waals surface area contributed by atoms with Crippen LogP contribution in [0.4, 0.5) is 0 Å². The molecule has 0 fully saturated rings. The molecule has 0 unspecified atom stereocenters. The maximum atomic E-state index is 13.1. The molecule has 0 N–H and O–H groups in total. The molecule has 0 saturated carbocycles. The summed E-state index contributed by atoms with van der Waals surface area (Å²) in [5.74, 6) is -2.22. The van der Waals surface area contributed by atoms with Crippen LogP contribution in [0.2, 0.25) is 0 Å². The monoisotopic (exact) mass is 493 g/mol. The quantitative estimate of drug-likeness (QED) is 0.161. The molecule has 0 aliphatic rings. The molecular formula is C21H27N5O9. The summed E-state index contributed by atoms with van der Waals surface area (Å²) in [7, 11) is 0. The third-order valence-corrected chi connectivity index (χ3v) is 4.29. The summed E-state index contributed by atoms with van der Waals surface area (Å²) >= 11 is 0. The van der Waals surface area contributed by atoms with E-state index in [0.29, 0.717) is 0 Å². The van der Waals surface area contributed by atoms with Crippen molar-refractivity contribution in [1.29, 1.82) is 0 Å². The summed E-state index contributed by atoms with van der Waals surface area (Å²) < 4.78 is 22.9. The largest absolute Gasteiger partial charge is 0.463 e. The smallest absolute Gasteiger partial charge is 0.355 e. The highest BCUT2D eigenvalue weighted by molar-refractivity contribution is 6.14. The molecule has 190 valence electrons. The minimum Gasteiger partial charge on any atom is -0.463 e. The minimum absolute atomic E-state index is 0.00156. The fraction of sp³-hybridized carbons (Fsp3) is 0.476. The summed E-state index contributed by atoms with van der Waals surface area (Å²) in [6, 6.07) is 0. The predicted molar refractivity (Wildman–Crippen MR) is 119 cm³/mol. The zero-order chi connectivity index (χ0) is 26.0. The van der Waals surface area contributed by atoms with Crippen molar-refractivity contribution in [3.8, 4) is 0 Å². The Balaban J connectivity index is 2.32. The number of nitrogens with zero attached hydrogens (tertiary/aromatic N) is 5. The molecule has 0 radical (unpaired) electrons. The van der Waals surface area contributed by atoms with Crippen molar-refractivity contribution in [1.82, 2.24) is 24.1 Å². The zero-order valence-electron chi connectivity index (χ0n) is 19.9. The number of hydrogen-bond acceptors (Lipinski definition) is 11. The van der Waals surface area contributed by atoms with Crippen LogP contribution in [0.3, 0.4) is 0 Å². The van der Waals surface area contributed by atoms with Gasteiger partial charge < -0.3 is 18.9 Å². The number of aryl methyl sites for hydroxylation is 1. The van der Waals surface area contributed by atoms with Gasteiger partial charge in [-0.25, -0.2) is 19.1 Å². The number of esters is 3. The Morgan fingerprint density at radius 2 is 1.74 bits per heavy atom. The number of aromatic nitrogens is 5. The summed E-state index contributed by atoms with van der Waals surface area (Å²) in [5.41, 5.74) is -1.52. The second-order valence-corrected chi connectivity index (χ2v) is 6.98. The van der Waals surface area contributed by atoms with Gasteiger partial charge in [0.15, 0.2) is 0 Å². The highest BCUT2D eigenvalue weighted by Gasteiger charge is 2.21. The first-order chi connectivity index (χ1) is 16.7. The van der Waals surface area contributed by atoms with Crippen LogP contribution in [0.1, 0.15) is 32.0 Å². The third kappa shape index (κ3) is 7.74. The lowest BCUT2D eigenvalue weighted by atomic mass is 10.3. The molecule has 0 aliphatic carbocycles. The second-order valence-electron chi connectivity index (χ2n) is 6.98. The first-order valence-electron chi connectivity index (χ1n) is 10.7. The molecule has 0 aliphatic heterocycles. The molecule has 35 heavy (non-hydrogen) atoms. The van der Waals surface area contributed by atoms with Crippen molar-refractivity contribution in [2.45, 2.75) is 41.0 Å². The van der Waals surface area contributed by atoms with Crippen LogP contribution in [-0.2, 0) is 46.6 Å². The van der Waals surface area contributed by atoms with Gasteiger partial charge in [0.05, 0.1) is 38.6 Å². The van der Waals surface area contributed by atoms with E-state index in [1.807, 2.05) is 0 Å². The van der Waals surface area contributed by atoms with E-state index in [1.54, 1.807) is 13.8 Å². The van der Waals surface area contributed by atoms with Gasteiger partial charge in [-0.2, -0.15) is 0 Å². The number of hydrogen-bond donors (Lipinski definition) is 0. The van der Waals surface area contributed by atoms with Crippen molar-refractivity contribution in [2.75, 3.05) is 26.4 Å². The summed E-state index contributed by atoms with van der Waals surface area (Å²) in [4.78, 5) is 61.0. The predicted octanol–water partition coefficient (Wildman–Crippen LogP) is -0.537. The fourth-order valence-electron chi connectivity index (χ4n) is 2.81. The van der Waals surface area contributed by atoms with Gasteiger partial charge in [-0.15, -0.1) is 5.10 Å². The number of rotatable bonds is 12. The molecular weight excluding hydrogens is 466 g/mol. The van der Waals surface area contributed by atoms with Crippen molar-refractivity contribution >= 4 is 23.6 Å². The maximum absolute atomic E-state index is 13.1.